The minimum atomic E-state index is -0.203. The van der Waals surface area contributed by atoms with Crippen LogP contribution in [0.4, 0.5) is 6.01 Å². The number of rotatable bonds is 6. The number of carbonyl (C=O) groups is 1. The molecule has 7 nitrogen and oxygen atoms in total. The SMILES string of the molecule is CCSc1ccc(CC(=O)Nc2nnc(-c3ccnn3C)o2)cc1. The summed E-state index contributed by atoms with van der Waals surface area (Å²) in [5.74, 6) is 1.13. The summed E-state index contributed by atoms with van der Waals surface area (Å²) in [5.41, 5.74) is 1.62. The van der Waals surface area contributed by atoms with E-state index >= 15 is 0 Å². The van der Waals surface area contributed by atoms with Crippen molar-refractivity contribution in [3.63, 3.8) is 0 Å². The highest BCUT2D eigenvalue weighted by atomic mass is 32.2. The van der Waals surface area contributed by atoms with Gasteiger partial charge in [-0.1, -0.05) is 24.2 Å². The predicted molar refractivity (Wildman–Crippen MR) is 91.7 cm³/mol. The van der Waals surface area contributed by atoms with Crippen LogP contribution in [0.3, 0.4) is 0 Å². The maximum absolute atomic E-state index is 12.1. The predicted octanol–water partition coefficient (Wildman–Crippen LogP) is 2.76. The van der Waals surface area contributed by atoms with Crippen LogP contribution in [-0.2, 0) is 18.3 Å². The third-order valence-electron chi connectivity index (χ3n) is 3.31. The van der Waals surface area contributed by atoms with Crippen LogP contribution in [0.25, 0.3) is 11.6 Å². The zero-order valence-electron chi connectivity index (χ0n) is 13.4. The fraction of sp³-hybridized carbons (Fsp3) is 0.250. The topological polar surface area (TPSA) is 85.8 Å². The van der Waals surface area contributed by atoms with Gasteiger partial charge in [-0.05, 0) is 29.5 Å². The van der Waals surface area contributed by atoms with Gasteiger partial charge in [0.1, 0.15) is 5.69 Å². The fourth-order valence-electron chi connectivity index (χ4n) is 2.18. The number of amides is 1. The van der Waals surface area contributed by atoms with E-state index < -0.39 is 0 Å². The number of hydrogen-bond donors (Lipinski definition) is 1. The van der Waals surface area contributed by atoms with Gasteiger partial charge in [0, 0.05) is 18.1 Å². The molecule has 1 N–H and O–H groups in total. The average Bonchev–Trinajstić information content (AvgIpc) is 3.18. The van der Waals surface area contributed by atoms with Crippen LogP contribution in [0.15, 0.2) is 45.8 Å². The Bertz CT molecular complexity index is 825. The molecule has 0 saturated heterocycles. The van der Waals surface area contributed by atoms with Crippen molar-refractivity contribution in [2.75, 3.05) is 11.1 Å². The molecule has 0 aliphatic carbocycles. The highest BCUT2D eigenvalue weighted by Gasteiger charge is 2.14. The summed E-state index contributed by atoms with van der Waals surface area (Å²) in [7, 11) is 1.78. The number of aryl methyl sites for hydroxylation is 1. The smallest absolute Gasteiger partial charge is 0.322 e. The number of anilines is 1. The monoisotopic (exact) mass is 343 g/mol. The number of carbonyl (C=O) groups excluding carboxylic acids is 1. The van der Waals surface area contributed by atoms with Gasteiger partial charge in [-0.2, -0.15) is 5.10 Å². The fourth-order valence-corrected chi connectivity index (χ4v) is 2.84. The van der Waals surface area contributed by atoms with E-state index in [1.165, 1.54) is 4.90 Å². The van der Waals surface area contributed by atoms with Gasteiger partial charge in [-0.3, -0.25) is 14.8 Å². The normalized spacial score (nSPS) is 10.8. The van der Waals surface area contributed by atoms with Gasteiger partial charge in [-0.25, -0.2) is 0 Å². The van der Waals surface area contributed by atoms with Crippen LogP contribution in [0.1, 0.15) is 12.5 Å². The molecule has 0 radical (unpaired) electrons. The van der Waals surface area contributed by atoms with Gasteiger partial charge in [-0.15, -0.1) is 16.9 Å². The van der Waals surface area contributed by atoms with Crippen molar-refractivity contribution in [3.05, 3.63) is 42.1 Å². The minimum absolute atomic E-state index is 0.0781. The Morgan fingerprint density at radius 1 is 1.25 bits per heavy atom. The zero-order valence-corrected chi connectivity index (χ0v) is 14.2. The van der Waals surface area contributed by atoms with E-state index in [4.69, 9.17) is 4.42 Å². The molecule has 0 atom stereocenters. The molecule has 0 fully saturated rings. The summed E-state index contributed by atoms with van der Waals surface area (Å²) in [6.07, 6.45) is 1.89. The van der Waals surface area contributed by atoms with Crippen molar-refractivity contribution in [1.82, 2.24) is 20.0 Å². The van der Waals surface area contributed by atoms with Crippen molar-refractivity contribution in [2.24, 2.45) is 7.05 Å². The lowest BCUT2D eigenvalue weighted by Gasteiger charge is -2.03. The van der Waals surface area contributed by atoms with Crippen molar-refractivity contribution >= 4 is 23.7 Å². The van der Waals surface area contributed by atoms with Crippen LogP contribution in [0.2, 0.25) is 0 Å². The van der Waals surface area contributed by atoms with E-state index in [0.717, 1.165) is 11.3 Å². The summed E-state index contributed by atoms with van der Waals surface area (Å²) in [4.78, 5) is 13.3. The molecular weight excluding hydrogens is 326 g/mol. The molecule has 1 amide bonds. The van der Waals surface area contributed by atoms with Crippen LogP contribution in [-0.4, -0.2) is 31.6 Å². The lowest BCUT2D eigenvalue weighted by Crippen LogP contribution is -2.14. The second kappa shape index (κ2) is 7.31. The van der Waals surface area contributed by atoms with Crippen molar-refractivity contribution in [1.29, 1.82) is 0 Å². The van der Waals surface area contributed by atoms with Crippen molar-refractivity contribution < 1.29 is 9.21 Å². The molecule has 3 aromatic rings. The summed E-state index contributed by atoms with van der Waals surface area (Å²) < 4.78 is 7.07. The van der Waals surface area contributed by atoms with E-state index in [2.05, 4.69) is 27.5 Å². The molecule has 124 valence electrons. The molecule has 0 spiro atoms. The van der Waals surface area contributed by atoms with Crippen LogP contribution in [0.5, 0.6) is 0 Å². The molecule has 2 heterocycles. The standard InChI is InChI=1S/C16H17N5O2S/c1-3-24-12-6-4-11(5-7-12)10-14(22)18-16-20-19-15(23-16)13-8-9-17-21(13)2/h4-9H,3,10H2,1-2H3,(H,18,20,22). The largest absolute Gasteiger partial charge is 0.401 e. The Morgan fingerprint density at radius 2 is 2.04 bits per heavy atom. The highest BCUT2D eigenvalue weighted by molar-refractivity contribution is 7.99. The maximum Gasteiger partial charge on any atom is 0.322 e. The first kappa shape index (κ1) is 16.3. The summed E-state index contributed by atoms with van der Waals surface area (Å²) >= 11 is 1.77. The van der Waals surface area contributed by atoms with Crippen molar-refractivity contribution in [3.8, 4) is 11.6 Å². The second-order valence-corrected chi connectivity index (χ2v) is 6.39. The average molecular weight is 343 g/mol. The lowest BCUT2D eigenvalue weighted by atomic mass is 10.1. The molecule has 0 unspecified atom stereocenters. The van der Waals surface area contributed by atoms with Gasteiger partial charge < -0.3 is 4.42 Å². The van der Waals surface area contributed by atoms with E-state index in [-0.39, 0.29) is 18.3 Å². The molecule has 0 bridgehead atoms. The molecule has 24 heavy (non-hydrogen) atoms. The molecule has 1 aromatic carbocycles. The Balaban J connectivity index is 1.61. The Hall–Kier alpha value is -2.61. The number of benzene rings is 1. The van der Waals surface area contributed by atoms with E-state index in [0.29, 0.717) is 11.6 Å². The molecule has 0 aliphatic heterocycles. The number of hydrogen-bond acceptors (Lipinski definition) is 6. The minimum Gasteiger partial charge on any atom is -0.401 e. The third-order valence-corrected chi connectivity index (χ3v) is 4.20. The molecular formula is C16H17N5O2S. The maximum atomic E-state index is 12.1. The number of thioether (sulfide) groups is 1. The number of aromatic nitrogens is 4. The lowest BCUT2D eigenvalue weighted by molar-refractivity contribution is -0.115. The quantitative estimate of drug-likeness (QED) is 0.693. The van der Waals surface area contributed by atoms with E-state index in [1.807, 2.05) is 24.3 Å². The highest BCUT2D eigenvalue weighted by Crippen LogP contribution is 2.20. The first-order valence-corrected chi connectivity index (χ1v) is 8.47. The van der Waals surface area contributed by atoms with Gasteiger partial charge >= 0.3 is 6.01 Å². The van der Waals surface area contributed by atoms with Crippen LogP contribution in [0, 0.1) is 0 Å². The first-order chi connectivity index (χ1) is 11.7. The molecule has 8 heteroatoms. The van der Waals surface area contributed by atoms with Gasteiger partial charge in [0.05, 0.1) is 6.42 Å². The van der Waals surface area contributed by atoms with Gasteiger partial charge in [0.25, 0.3) is 5.89 Å². The number of nitrogens with one attached hydrogen (secondary N) is 1. The Morgan fingerprint density at radius 3 is 2.71 bits per heavy atom. The third kappa shape index (κ3) is 3.83. The zero-order chi connectivity index (χ0) is 16.9. The number of nitrogens with zero attached hydrogens (tertiary/aromatic N) is 4. The molecule has 3 rings (SSSR count). The summed E-state index contributed by atoms with van der Waals surface area (Å²) in [5, 5.41) is 14.4. The molecule has 0 saturated carbocycles. The van der Waals surface area contributed by atoms with E-state index in [9.17, 15) is 4.79 Å². The van der Waals surface area contributed by atoms with Crippen LogP contribution >= 0.6 is 11.8 Å². The first-order valence-electron chi connectivity index (χ1n) is 7.49. The van der Waals surface area contributed by atoms with Crippen LogP contribution < -0.4 is 5.32 Å². The Labute approximate surface area is 143 Å². The molecule has 0 aliphatic rings. The summed E-state index contributed by atoms with van der Waals surface area (Å²) in [6.45, 7) is 2.11. The second-order valence-electron chi connectivity index (χ2n) is 5.05. The Kier molecular flexibility index (Phi) is 4.95. The van der Waals surface area contributed by atoms with E-state index in [1.54, 1.807) is 35.8 Å². The van der Waals surface area contributed by atoms with Crippen molar-refractivity contribution in [2.45, 2.75) is 18.2 Å². The van der Waals surface area contributed by atoms with Gasteiger partial charge in [0.2, 0.25) is 5.91 Å². The van der Waals surface area contributed by atoms with Gasteiger partial charge in [0.15, 0.2) is 0 Å². The molecule has 2 aromatic heterocycles. The summed E-state index contributed by atoms with van der Waals surface area (Å²) in [6, 6.07) is 9.77.